The minimum atomic E-state index is -3.85. The van der Waals surface area contributed by atoms with Gasteiger partial charge in [0.15, 0.2) is 5.13 Å². The van der Waals surface area contributed by atoms with Gasteiger partial charge in [-0.15, -0.1) is 0 Å². The van der Waals surface area contributed by atoms with Gasteiger partial charge in [0, 0.05) is 11.6 Å². The number of amides is 1. The Kier molecular flexibility index (Phi) is 6.49. The maximum Gasteiger partial charge on any atom is 0.262 e. The molecule has 0 saturated heterocycles. The number of rotatable bonds is 6. The topological polar surface area (TPSA) is 112 Å². The van der Waals surface area contributed by atoms with E-state index in [0.717, 1.165) is 41.8 Å². The van der Waals surface area contributed by atoms with Crippen molar-refractivity contribution in [1.29, 1.82) is 5.26 Å². The highest BCUT2D eigenvalue weighted by Crippen LogP contribution is 2.36. The number of sulfonamides is 1. The molecule has 1 aromatic heterocycles. The van der Waals surface area contributed by atoms with Crippen molar-refractivity contribution in [2.75, 3.05) is 10.0 Å². The summed E-state index contributed by atoms with van der Waals surface area (Å²) in [5.41, 5.74) is 2.89. The van der Waals surface area contributed by atoms with E-state index in [1.54, 1.807) is 43.3 Å². The molecule has 0 unspecified atom stereocenters. The Bertz CT molecular complexity index is 1330. The molecule has 1 heterocycles. The Morgan fingerprint density at radius 1 is 1.12 bits per heavy atom. The lowest BCUT2D eigenvalue weighted by Crippen LogP contribution is -2.20. The molecule has 3 aromatic rings. The molecular weight excluding hydrogens is 456 g/mol. The van der Waals surface area contributed by atoms with Crippen LogP contribution in [-0.2, 0) is 14.8 Å². The second-order valence-corrected chi connectivity index (χ2v) is 10.8. The van der Waals surface area contributed by atoms with Crippen LogP contribution in [0.4, 0.5) is 10.8 Å². The van der Waals surface area contributed by atoms with Crippen LogP contribution in [0.5, 0.6) is 0 Å². The van der Waals surface area contributed by atoms with E-state index in [0.29, 0.717) is 21.9 Å². The first-order chi connectivity index (χ1) is 15.8. The van der Waals surface area contributed by atoms with Crippen LogP contribution in [0.15, 0.2) is 47.4 Å². The van der Waals surface area contributed by atoms with Gasteiger partial charge in [0.25, 0.3) is 10.0 Å². The number of nitrogens with zero attached hydrogens (tertiary/aromatic N) is 2. The Balaban J connectivity index is 1.59. The minimum absolute atomic E-state index is 0.00610. The minimum Gasteiger partial charge on any atom is -0.302 e. The van der Waals surface area contributed by atoms with Crippen molar-refractivity contribution in [1.82, 2.24) is 4.98 Å². The summed E-state index contributed by atoms with van der Waals surface area (Å²) in [5.74, 6) is 0.0497. The maximum absolute atomic E-state index is 13.1. The van der Waals surface area contributed by atoms with E-state index in [2.05, 4.69) is 15.0 Å². The molecule has 2 aromatic carbocycles. The van der Waals surface area contributed by atoms with Crippen LogP contribution in [0.25, 0.3) is 10.4 Å². The smallest absolute Gasteiger partial charge is 0.262 e. The van der Waals surface area contributed by atoms with Crippen LogP contribution in [0, 0.1) is 31.1 Å². The first-order valence-corrected chi connectivity index (χ1v) is 13.0. The Morgan fingerprint density at radius 3 is 2.48 bits per heavy atom. The van der Waals surface area contributed by atoms with Crippen LogP contribution in [-0.4, -0.2) is 19.3 Å². The molecule has 1 amide bonds. The van der Waals surface area contributed by atoms with Crippen molar-refractivity contribution in [2.45, 2.75) is 44.4 Å². The van der Waals surface area contributed by atoms with Gasteiger partial charge in [-0.05, 0) is 68.1 Å². The fourth-order valence-corrected chi connectivity index (χ4v) is 6.26. The Hall–Kier alpha value is -3.22. The van der Waals surface area contributed by atoms with Crippen molar-refractivity contribution >= 4 is 38.1 Å². The molecule has 1 aliphatic carbocycles. The third-order valence-electron chi connectivity index (χ3n) is 5.76. The zero-order valence-corrected chi connectivity index (χ0v) is 20.0. The fourth-order valence-electron chi connectivity index (χ4n) is 3.97. The second kappa shape index (κ2) is 9.33. The number of carbonyl (C=O) groups is 1. The molecule has 0 aliphatic heterocycles. The lowest BCUT2D eigenvalue weighted by molar-refractivity contribution is -0.119. The maximum atomic E-state index is 13.1. The summed E-state index contributed by atoms with van der Waals surface area (Å²) >= 11 is 1.34. The summed E-state index contributed by atoms with van der Waals surface area (Å²) in [6.45, 7) is 3.59. The summed E-state index contributed by atoms with van der Waals surface area (Å²) < 4.78 is 28.8. The van der Waals surface area contributed by atoms with Crippen molar-refractivity contribution in [3.05, 3.63) is 59.3 Å². The van der Waals surface area contributed by atoms with Crippen LogP contribution in [0.3, 0.4) is 0 Å². The highest BCUT2D eigenvalue weighted by molar-refractivity contribution is 7.92. The zero-order chi connectivity index (χ0) is 23.6. The van der Waals surface area contributed by atoms with Gasteiger partial charge in [-0.1, -0.05) is 36.3 Å². The first-order valence-electron chi connectivity index (χ1n) is 10.7. The second-order valence-electron chi connectivity index (χ2n) is 8.18. The van der Waals surface area contributed by atoms with Crippen LogP contribution in [0.2, 0.25) is 0 Å². The predicted molar refractivity (Wildman–Crippen MR) is 130 cm³/mol. The predicted octanol–water partition coefficient (Wildman–Crippen LogP) is 5.23. The number of benzene rings is 2. The van der Waals surface area contributed by atoms with Gasteiger partial charge < -0.3 is 5.32 Å². The van der Waals surface area contributed by atoms with Crippen LogP contribution in [0.1, 0.15) is 42.5 Å². The molecule has 0 radical (unpaired) electrons. The average Bonchev–Trinajstić information content (AvgIpc) is 3.44. The highest BCUT2D eigenvalue weighted by atomic mass is 32.2. The Labute approximate surface area is 197 Å². The normalized spacial score (nSPS) is 14.1. The Morgan fingerprint density at radius 2 is 1.82 bits per heavy atom. The zero-order valence-electron chi connectivity index (χ0n) is 18.4. The van der Waals surface area contributed by atoms with Crippen molar-refractivity contribution in [3.63, 3.8) is 0 Å². The summed E-state index contributed by atoms with van der Waals surface area (Å²) in [4.78, 5) is 17.9. The molecule has 9 heteroatoms. The number of nitriles is 1. The van der Waals surface area contributed by atoms with E-state index < -0.39 is 10.0 Å². The summed E-state index contributed by atoms with van der Waals surface area (Å²) in [6.07, 6.45) is 3.98. The molecule has 0 atom stereocenters. The summed E-state index contributed by atoms with van der Waals surface area (Å²) in [5, 5.41) is 12.4. The number of anilines is 2. The summed E-state index contributed by atoms with van der Waals surface area (Å²) in [6, 6.07) is 13.5. The van der Waals surface area contributed by atoms with Crippen LogP contribution >= 0.6 is 11.3 Å². The van der Waals surface area contributed by atoms with E-state index >= 15 is 0 Å². The quantitative estimate of drug-likeness (QED) is 0.502. The van der Waals surface area contributed by atoms with Gasteiger partial charge in [-0.25, -0.2) is 13.4 Å². The number of aromatic nitrogens is 1. The van der Waals surface area contributed by atoms with Crippen molar-refractivity contribution in [2.24, 2.45) is 5.92 Å². The average molecular weight is 481 g/mol. The van der Waals surface area contributed by atoms with Gasteiger partial charge >= 0.3 is 0 Å². The molecular formula is C24H24N4O3S2. The third kappa shape index (κ3) is 5.07. The lowest BCUT2D eigenvalue weighted by Gasteiger charge is -2.12. The number of nitrogens with one attached hydrogen (secondary N) is 2. The molecule has 1 saturated carbocycles. The fraction of sp³-hybridized carbons (Fsp3) is 0.292. The van der Waals surface area contributed by atoms with Gasteiger partial charge in [0.2, 0.25) is 5.91 Å². The third-order valence-corrected chi connectivity index (χ3v) is 8.40. The molecule has 2 N–H and O–H groups in total. The molecule has 33 heavy (non-hydrogen) atoms. The van der Waals surface area contributed by atoms with Crippen molar-refractivity contribution < 1.29 is 13.2 Å². The summed E-state index contributed by atoms with van der Waals surface area (Å²) in [7, 11) is -3.85. The molecule has 0 bridgehead atoms. The number of hydrogen-bond donors (Lipinski definition) is 2. The largest absolute Gasteiger partial charge is 0.302 e. The van der Waals surface area contributed by atoms with Gasteiger partial charge in [0.05, 0.1) is 27.1 Å². The number of thiazole rings is 1. The molecule has 1 fully saturated rings. The first kappa shape index (κ1) is 23.0. The molecule has 0 spiro atoms. The molecule has 170 valence electrons. The van der Waals surface area contributed by atoms with Gasteiger partial charge in [0.1, 0.15) is 0 Å². The number of aryl methyl sites for hydroxylation is 2. The monoisotopic (exact) mass is 480 g/mol. The van der Waals surface area contributed by atoms with E-state index in [1.165, 1.54) is 11.3 Å². The van der Waals surface area contributed by atoms with Gasteiger partial charge in [-0.2, -0.15) is 5.26 Å². The van der Waals surface area contributed by atoms with Crippen molar-refractivity contribution in [3.8, 4) is 16.5 Å². The SMILES string of the molecule is Cc1ccc(-c2sc(NC(=O)C3CCCC3)nc2C)cc1S(=O)(=O)Nc1ccc(C#N)cc1. The van der Waals surface area contributed by atoms with E-state index in [9.17, 15) is 13.2 Å². The van der Waals surface area contributed by atoms with Gasteiger partial charge in [-0.3, -0.25) is 9.52 Å². The van der Waals surface area contributed by atoms with E-state index in [-0.39, 0.29) is 16.7 Å². The molecule has 7 nitrogen and oxygen atoms in total. The van der Waals surface area contributed by atoms with E-state index in [4.69, 9.17) is 5.26 Å². The van der Waals surface area contributed by atoms with Crippen LogP contribution < -0.4 is 10.0 Å². The standard InChI is InChI=1S/C24H24N4O3S2/c1-15-7-10-19(13-21(15)33(30,31)28-20-11-8-17(14-25)9-12-20)22-16(2)26-24(32-22)27-23(29)18-5-3-4-6-18/h7-13,18,28H,3-6H2,1-2H3,(H,26,27,29). The number of hydrogen-bond acceptors (Lipinski definition) is 6. The molecule has 4 rings (SSSR count). The highest BCUT2D eigenvalue weighted by Gasteiger charge is 2.24. The lowest BCUT2D eigenvalue weighted by atomic mass is 10.1. The molecule has 1 aliphatic rings. The number of carbonyl (C=O) groups excluding carboxylic acids is 1. The van der Waals surface area contributed by atoms with E-state index in [1.807, 2.05) is 19.1 Å².